The summed E-state index contributed by atoms with van der Waals surface area (Å²) in [5.41, 5.74) is 1.49. The molecule has 1 aromatic rings. The highest BCUT2D eigenvalue weighted by molar-refractivity contribution is 5.29. The minimum Gasteiger partial charge on any atom is -0.490 e. The summed E-state index contributed by atoms with van der Waals surface area (Å²) in [6, 6.07) is 8.70. The number of allylic oxidation sites excluding steroid dienone is 1. The van der Waals surface area contributed by atoms with Crippen molar-refractivity contribution in [3.63, 3.8) is 0 Å². The van der Waals surface area contributed by atoms with Crippen LogP contribution in [-0.2, 0) is 0 Å². The van der Waals surface area contributed by atoms with Crippen molar-refractivity contribution in [2.75, 3.05) is 6.61 Å². The summed E-state index contributed by atoms with van der Waals surface area (Å²) in [5, 5.41) is 0. The van der Waals surface area contributed by atoms with Crippen molar-refractivity contribution in [1.82, 2.24) is 0 Å². The third kappa shape index (κ3) is 3.63. The number of hydrogen-bond acceptors (Lipinski definition) is 1. The molecule has 98 valence electrons. The van der Waals surface area contributed by atoms with Gasteiger partial charge in [-0.3, -0.25) is 0 Å². The van der Waals surface area contributed by atoms with Gasteiger partial charge < -0.3 is 4.74 Å². The van der Waals surface area contributed by atoms with E-state index in [-0.39, 0.29) is 0 Å². The summed E-state index contributed by atoms with van der Waals surface area (Å²) >= 11 is 0. The molecule has 1 aliphatic rings. The van der Waals surface area contributed by atoms with Gasteiger partial charge in [0, 0.05) is 0 Å². The Balaban J connectivity index is 1.90. The molecule has 1 aliphatic carbocycles. The van der Waals surface area contributed by atoms with Crippen molar-refractivity contribution in [1.29, 1.82) is 0 Å². The lowest BCUT2D eigenvalue weighted by atomic mass is 9.79. The maximum atomic E-state index is 5.62. The summed E-state index contributed by atoms with van der Waals surface area (Å²) < 4.78 is 5.62. The second-order valence-electron chi connectivity index (χ2n) is 5.41. The molecule has 0 atom stereocenters. The van der Waals surface area contributed by atoms with Crippen LogP contribution in [0.3, 0.4) is 0 Å². The van der Waals surface area contributed by atoms with Crippen LogP contribution in [0.15, 0.2) is 36.4 Å². The Morgan fingerprint density at radius 3 is 2.39 bits per heavy atom. The van der Waals surface area contributed by atoms with E-state index >= 15 is 0 Å². The standard InChI is InChI=1S/C17H24O/c1-3-4-13-18-17-11-9-16(10-12-17)15-7-5-14(2)6-8-15/h3-4,9-12,14-15H,5-8,13H2,1-2H3/b4-3+. The van der Waals surface area contributed by atoms with Gasteiger partial charge in [0.25, 0.3) is 0 Å². The van der Waals surface area contributed by atoms with Crippen LogP contribution < -0.4 is 4.74 Å². The van der Waals surface area contributed by atoms with Gasteiger partial charge in [-0.1, -0.05) is 44.1 Å². The van der Waals surface area contributed by atoms with Gasteiger partial charge >= 0.3 is 0 Å². The van der Waals surface area contributed by atoms with E-state index in [0.29, 0.717) is 6.61 Å². The van der Waals surface area contributed by atoms with Gasteiger partial charge in [-0.2, -0.15) is 0 Å². The van der Waals surface area contributed by atoms with Crippen LogP contribution in [0.25, 0.3) is 0 Å². The van der Waals surface area contributed by atoms with Gasteiger partial charge in [-0.25, -0.2) is 0 Å². The lowest BCUT2D eigenvalue weighted by molar-refractivity contribution is 0.346. The molecule has 0 saturated heterocycles. The highest BCUT2D eigenvalue weighted by Crippen LogP contribution is 2.35. The Hall–Kier alpha value is -1.24. The van der Waals surface area contributed by atoms with Gasteiger partial charge in [0.05, 0.1) is 0 Å². The van der Waals surface area contributed by atoms with E-state index in [0.717, 1.165) is 17.6 Å². The van der Waals surface area contributed by atoms with E-state index in [1.54, 1.807) is 0 Å². The molecule has 1 heteroatoms. The predicted octanol–water partition coefficient (Wildman–Crippen LogP) is 4.94. The summed E-state index contributed by atoms with van der Waals surface area (Å²) in [6.45, 7) is 5.04. The first-order valence-electron chi connectivity index (χ1n) is 7.13. The Labute approximate surface area is 111 Å². The molecule has 0 aliphatic heterocycles. The van der Waals surface area contributed by atoms with Crippen molar-refractivity contribution < 1.29 is 4.74 Å². The van der Waals surface area contributed by atoms with Crippen LogP contribution in [0.4, 0.5) is 0 Å². The first-order valence-corrected chi connectivity index (χ1v) is 7.13. The minimum atomic E-state index is 0.663. The zero-order valence-corrected chi connectivity index (χ0v) is 11.6. The van der Waals surface area contributed by atoms with Crippen LogP contribution in [0.2, 0.25) is 0 Å². The Bertz CT molecular complexity index is 369. The fourth-order valence-corrected chi connectivity index (χ4v) is 2.67. The van der Waals surface area contributed by atoms with Crippen LogP contribution in [0.5, 0.6) is 5.75 Å². The molecular formula is C17H24O. The molecule has 1 saturated carbocycles. The minimum absolute atomic E-state index is 0.663. The van der Waals surface area contributed by atoms with E-state index in [9.17, 15) is 0 Å². The third-order valence-corrected chi connectivity index (χ3v) is 3.95. The smallest absolute Gasteiger partial charge is 0.119 e. The highest BCUT2D eigenvalue weighted by atomic mass is 16.5. The van der Waals surface area contributed by atoms with Crippen LogP contribution in [-0.4, -0.2) is 6.61 Å². The Morgan fingerprint density at radius 1 is 1.11 bits per heavy atom. The largest absolute Gasteiger partial charge is 0.490 e. The topological polar surface area (TPSA) is 9.23 Å². The summed E-state index contributed by atoms with van der Waals surface area (Å²) in [5.74, 6) is 2.66. The highest BCUT2D eigenvalue weighted by Gasteiger charge is 2.19. The third-order valence-electron chi connectivity index (χ3n) is 3.95. The average Bonchev–Trinajstić information content (AvgIpc) is 2.41. The van der Waals surface area contributed by atoms with Gasteiger partial charge in [0.1, 0.15) is 12.4 Å². The van der Waals surface area contributed by atoms with E-state index in [2.05, 4.69) is 31.2 Å². The fraction of sp³-hybridized carbons (Fsp3) is 0.529. The normalized spacial score (nSPS) is 24.3. The van der Waals surface area contributed by atoms with Crippen molar-refractivity contribution in [3.8, 4) is 5.75 Å². The van der Waals surface area contributed by atoms with Crippen molar-refractivity contribution in [2.24, 2.45) is 5.92 Å². The van der Waals surface area contributed by atoms with Crippen LogP contribution in [0, 0.1) is 5.92 Å². The molecule has 1 nitrogen and oxygen atoms in total. The first kappa shape index (κ1) is 13.2. The molecule has 0 radical (unpaired) electrons. The van der Waals surface area contributed by atoms with Crippen molar-refractivity contribution >= 4 is 0 Å². The summed E-state index contributed by atoms with van der Waals surface area (Å²) in [7, 11) is 0. The molecule has 0 heterocycles. The molecule has 0 aromatic heterocycles. The average molecular weight is 244 g/mol. The number of benzene rings is 1. The Morgan fingerprint density at radius 2 is 1.78 bits per heavy atom. The molecule has 0 unspecified atom stereocenters. The van der Waals surface area contributed by atoms with E-state index in [1.165, 1.54) is 31.2 Å². The fourth-order valence-electron chi connectivity index (χ4n) is 2.67. The number of rotatable bonds is 4. The van der Waals surface area contributed by atoms with Crippen molar-refractivity contribution in [2.45, 2.75) is 45.4 Å². The predicted molar refractivity (Wildman–Crippen MR) is 77.1 cm³/mol. The summed E-state index contributed by atoms with van der Waals surface area (Å²) in [6.07, 6.45) is 9.49. The zero-order chi connectivity index (χ0) is 12.8. The summed E-state index contributed by atoms with van der Waals surface area (Å²) in [4.78, 5) is 0. The van der Waals surface area contributed by atoms with Crippen molar-refractivity contribution in [3.05, 3.63) is 42.0 Å². The molecule has 2 rings (SSSR count). The van der Waals surface area contributed by atoms with Gasteiger partial charge in [0.2, 0.25) is 0 Å². The molecule has 18 heavy (non-hydrogen) atoms. The van der Waals surface area contributed by atoms with E-state index < -0.39 is 0 Å². The van der Waals surface area contributed by atoms with E-state index in [4.69, 9.17) is 4.74 Å². The second kappa shape index (κ2) is 6.63. The molecule has 1 fully saturated rings. The molecular weight excluding hydrogens is 220 g/mol. The molecule has 0 amide bonds. The molecule has 0 bridgehead atoms. The second-order valence-corrected chi connectivity index (χ2v) is 5.41. The van der Waals surface area contributed by atoms with Crippen LogP contribution in [0.1, 0.15) is 51.0 Å². The first-order chi connectivity index (χ1) is 8.79. The molecule has 0 N–H and O–H groups in total. The SMILES string of the molecule is C/C=C/COc1ccc(C2CCC(C)CC2)cc1. The lowest BCUT2D eigenvalue weighted by Crippen LogP contribution is -2.10. The molecule has 1 aromatic carbocycles. The van der Waals surface area contributed by atoms with Gasteiger partial charge in [-0.15, -0.1) is 0 Å². The lowest BCUT2D eigenvalue weighted by Gasteiger charge is -2.26. The van der Waals surface area contributed by atoms with Gasteiger partial charge in [0.15, 0.2) is 0 Å². The Kier molecular flexibility index (Phi) is 4.86. The number of hydrogen-bond donors (Lipinski definition) is 0. The van der Waals surface area contributed by atoms with Crippen LogP contribution >= 0.6 is 0 Å². The maximum Gasteiger partial charge on any atom is 0.119 e. The monoisotopic (exact) mass is 244 g/mol. The van der Waals surface area contributed by atoms with E-state index in [1.807, 2.05) is 19.1 Å². The molecule has 0 spiro atoms. The number of ether oxygens (including phenoxy) is 1. The zero-order valence-electron chi connectivity index (χ0n) is 11.6. The van der Waals surface area contributed by atoms with Gasteiger partial charge in [-0.05, 0) is 49.3 Å². The quantitative estimate of drug-likeness (QED) is 0.682. The maximum absolute atomic E-state index is 5.62.